The minimum atomic E-state index is 0.487. The first kappa shape index (κ1) is 13.8. The highest BCUT2D eigenvalue weighted by Crippen LogP contribution is 2.29. The van der Waals surface area contributed by atoms with Crippen LogP contribution in [0.25, 0.3) is 0 Å². The smallest absolute Gasteiger partial charge is 0.0415 e. The van der Waals surface area contributed by atoms with Gasteiger partial charge >= 0.3 is 0 Å². The molecule has 1 heterocycles. The number of anilines is 1. The van der Waals surface area contributed by atoms with Gasteiger partial charge in [0.1, 0.15) is 0 Å². The maximum Gasteiger partial charge on any atom is 0.0415 e. The molecule has 1 aromatic carbocycles. The van der Waals surface area contributed by atoms with Crippen LogP contribution in [0.3, 0.4) is 0 Å². The molecule has 18 heavy (non-hydrogen) atoms. The molecule has 3 heteroatoms. The summed E-state index contributed by atoms with van der Waals surface area (Å²) in [4.78, 5) is 2.55. The lowest BCUT2D eigenvalue weighted by Gasteiger charge is -2.32. The molecule has 0 radical (unpaired) electrons. The second-order valence-corrected chi connectivity index (χ2v) is 5.90. The van der Waals surface area contributed by atoms with Crippen molar-refractivity contribution in [1.29, 1.82) is 0 Å². The van der Waals surface area contributed by atoms with Crippen molar-refractivity contribution >= 4 is 17.4 Å². The first-order chi connectivity index (χ1) is 8.86. The summed E-state index contributed by atoms with van der Waals surface area (Å²) in [6, 6.07) is 9.39. The number of benzene rings is 1. The van der Waals surface area contributed by atoms with Crippen LogP contribution in [0, 0.1) is 0 Å². The van der Waals surface area contributed by atoms with Crippen molar-refractivity contribution in [2.24, 2.45) is 0 Å². The van der Waals surface area contributed by atoms with Crippen LogP contribution in [-0.4, -0.2) is 31.1 Å². The Labute approximate surface area is 115 Å². The van der Waals surface area contributed by atoms with Gasteiger partial charge in [-0.05, 0) is 24.6 Å². The van der Waals surface area contributed by atoms with Crippen LogP contribution in [0.5, 0.6) is 0 Å². The Balaban J connectivity index is 2.23. The van der Waals surface area contributed by atoms with E-state index in [1.54, 1.807) is 0 Å². The van der Waals surface area contributed by atoms with Gasteiger partial charge in [0, 0.05) is 36.3 Å². The summed E-state index contributed by atoms with van der Waals surface area (Å²) in [6.07, 6.45) is 1.15. The third kappa shape index (κ3) is 3.21. The molecule has 1 aromatic rings. The van der Waals surface area contributed by atoms with E-state index in [0.29, 0.717) is 6.04 Å². The molecular formula is C15H24N2S. The van der Waals surface area contributed by atoms with E-state index >= 15 is 0 Å². The summed E-state index contributed by atoms with van der Waals surface area (Å²) in [7, 11) is 0. The molecule has 1 atom stereocenters. The van der Waals surface area contributed by atoms with E-state index in [1.165, 1.54) is 35.8 Å². The fourth-order valence-corrected chi connectivity index (χ4v) is 3.50. The molecular weight excluding hydrogens is 240 g/mol. The molecule has 1 saturated heterocycles. The van der Waals surface area contributed by atoms with E-state index in [4.69, 9.17) is 0 Å². The van der Waals surface area contributed by atoms with Crippen molar-refractivity contribution in [3.8, 4) is 0 Å². The zero-order valence-corrected chi connectivity index (χ0v) is 12.3. The largest absolute Gasteiger partial charge is 0.370 e. The maximum atomic E-state index is 3.60. The number of nitrogens with zero attached hydrogens (tertiary/aromatic N) is 1. The fourth-order valence-electron chi connectivity index (χ4n) is 2.60. The van der Waals surface area contributed by atoms with Crippen molar-refractivity contribution in [2.75, 3.05) is 36.0 Å². The van der Waals surface area contributed by atoms with Crippen molar-refractivity contribution in [1.82, 2.24) is 5.32 Å². The van der Waals surface area contributed by atoms with E-state index in [2.05, 4.69) is 60.1 Å². The number of para-hydroxylation sites is 1. The molecule has 1 aliphatic rings. The van der Waals surface area contributed by atoms with E-state index in [0.717, 1.165) is 13.0 Å². The Morgan fingerprint density at radius 1 is 1.22 bits per heavy atom. The lowest BCUT2D eigenvalue weighted by atomic mass is 10.0. The third-order valence-electron chi connectivity index (χ3n) is 3.52. The lowest BCUT2D eigenvalue weighted by Crippen LogP contribution is -2.34. The van der Waals surface area contributed by atoms with E-state index in [9.17, 15) is 0 Å². The number of hydrogen-bond acceptors (Lipinski definition) is 3. The van der Waals surface area contributed by atoms with Crippen molar-refractivity contribution in [2.45, 2.75) is 26.3 Å². The van der Waals surface area contributed by atoms with Crippen LogP contribution < -0.4 is 10.2 Å². The Bertz CT molecular complexity index is 338. The Morgan fingerprint density at radius 3 is 2.61 bits per heavy atom. The molecule has 0 amide bonds. The normalized spacial score (nSPS) is 17.8. The van der Waals surface area contributed by atoms with Crippen LogP contribution in [0.4, 0.5) is 5.69 Å². The van der Waals surface area contributed by atoms with Crippen molar-refractivity contribution < 1.29 is 0 Å². The quantitative estimate of drug-likeness (QED) is 0.878. The minimum Gasteiger partial charge on any atom is -0.370 e. The van der Waals surface area contributed by atoms with Gasteiger partial charge in [-0.25, -0.2) is 0 Å². The van der Waals surface area contributed by atoms with E-state index < -0.39 is 0 Å². The molecule has 2 nitrogen and oxygen atoms in total. The Hall–Kier alpha value is -0.670. The molecule has 1 aliphatic heterocycles. The van der Waals surface area contributed by atoms with Gasteiger partial charge in [0.05, 0.1) is 0 Å². The molecule has 0 aromatic heterocycles. The maximum absolute atomic E-state index is 3.60. The molecule has 1 fully saturated rings. The van der Waals surface area contributed by atoms with Crippen LogP contribution in [0.15, 0.2) is 24.3 Å². The monoisotopic (exact) mass is 264 g/mol. The number of thioether (sulfide) groups is 1. The van der Waals surface area contributed by atoms with Crippen molar-refractivity contribution in [3.63, 3.8) is 0 Å². The van der Waals surface area contributed by atoms with Gasteiger partial charge in [-0.2, -0.15) is 11.8 Å². The van der Waals surface area contributed by atoms with Gasteiger partial charge in [0.2, 0.25) is 0 Å². The van der Waals surface area contributed by atoms with E-state index in [1.807, 2.05) is 0 Å². The summed E-state index contributed by atoms with van der Waals surface area (Å²) in [5, 5.41) is 3.60. The fraction of sp³-hybridized carbons (Fsp3) is 0.600. The zero-order chi connectivity index (χ0) is 12.8. The SMILES string of the molecule is CCNC(CC)c1ccccc1N1CCSCC1. The highest BCUT2D eigenvalue weighted by molar-refractivity contribution is 7.99. The average molecular weight is 264 g/mol. The first-order valence-electron chi connectivity index (χ1n) is 7.01. The molecule has 100 valence electrons. The summed E-state index contributed by atoms with van der Waals surface area (Å²) in [5.41, 5.74) is 2.90. The second kappa shape index (κ2) is 7.05. The topological polar surface area (TPSA) is 15.3 Å². The van der Waals surface area contributed by atoms with Gasteiger partial charge in [0.25, 0.3) is 0 Å². The average Bonchev–Trinajstić information content (AvgIpc) is 2.46. The van der Waals surface area contributed by atoms with Crippen LogP contribution >= 0.6 is 11.8 Å². The highest BCUT2D eigenvalue weighted by atomic mass is 32.2. The molecule has 2 rings (SSSR count). The van der Waals surface area contributed by atoms with Gasteiger partial charge in [-0.3, -0.25) is 0 Å². The number of nitrogens with one attached hydrogen (secondary N) is 1. The van der Waals surface area contributed by atoms with Crippen LogP contribution in [0.2, 0.25) is 0 Å². The highest BCUT2D eigenvalue weighted by Gasteiger charge is 2.18. The van der Waals surface area contributed by atoms with Gasteiger partial charge in [-0.15, -0.1) is 0 Å². The number of hydrogen-bond donors (Lipinski definition) is 1. The van der Waals surface area contributed by atoms with Crippen LogP contribution in [0.1, 0.15) is 31.9 Å². The first-order valence-corrected chi connectivity index (χ1v) is 8.17. The predicted molar refractivity (Wildman–Crippen MR) is 82.7 cm³/mol. The molecule has 1 unspecified atom stereocenters. The molecule has 0 aliphatic carbocycles. The Morgan fingerprint density at radius 2 is 1.94 bits per heavy atom. The summed E-state index contributed by atoms with van der Waals surface area (Å²) in [5.74, 6) is 2.51. The Kier molecular flexibility index (Phi) is 5.39. The van der Waals surface area contributed by atoms with Crippen LogP contribution in [-0.2, 0) is 0 Å². The standard InChI is InChI=1S/C15H24N2S/c1-3-14(16-4-2)13-7-5-6-8-15(13)17-9-11-18-12-10-17/h5-8,14,16H,3-4,9-12H2,1-2H3. The zero-order valence-electron chi connectivity index (χ0n) is 11.5. The molecule has 0 bridgehead atoms. The van der Waals surface area contributed by atoms with Gasteiger partial charge < -0.3 is 10.2 Å². The summed E-state index contributed by atoms with van der Waals surface area (Å²) >= 11 is 2.07. The number of rotatable bonds is 5. The van der Waals surface area contributed by atoms with E-state index in [-0.39, 0.29) is 0 Å². The molecule has 0 spiro atoms. The summed E-state index contributed by atoms with van der Waals surface area (Å²) in [6.45, 7) is 7.84. The van der Waals surface area contributed by atoms with Gasteiger partial charge in [0.15, 0.2) is 0 Å². The van der Waals surface area contributed by atoms with Crippen molar-refractivity contribution in [3.05, 3.63) is 29.8 Å². The summed E-state index contributed by atoms with van der Waals surface area (Å²) < 4.78 is 0. The molecule has 0 saturated carbocycles. The third-order valence-corrected chi connectivity index (χ3v) is 4.47. The molecule has 1 N–H and O–H groups in total. The second-order valence-electron chi connectivity index (χ2n) is 4.68. The lowest BCUT2D eigenvalue weighted by molar-refractivity contribution is 0.536. The minimum absolute atomic E-state index is 0.487. The predicted octanol–water partition coefficient (Wildman–Crippen LogP) is 3.30. The van der Waals surface area contributed by atoms with Gasteiger partial charge in [-0.1, -0.05) is 32.0 Å².